The zero-order valence-electron chi connectivity index (χ0n) is 15.1. The first-order valence-electron chi connectivity index (χ1n) is 8.13. The molecule has 0 unspecified atom stereocenters. The molecule has 2 amide bonds. The summed E-state index contributed by atoms with van der Waals surface area (Å²) in [5.74, 6) is 0.786. The van der Waals surface area contributed by atoms with Gasteiger partial charge in [0.1, 0.15) is 23.1 Å². The SMILES string of the molecule is COc1ccc(N/C=C(/C#N)C(=O)N2CCN(C(C)=O)CC2)c(OC)c1. The molecule has 1 aromatic rings. The van der Waals surface area contributed by atoms with Crippen molar-refractivity contribution < 1.29 is 19.1 Å². The van der Waals surface area contributed by atoms with Crippen LogP contribution in [0.3, 0.4) is 0 Å². The van der Waals surface area contributed by atoms with Crippen LogP contribution in [0.25, 0.3) is 0 Å². The van der Waals surface area contributed by atoms with Crippen LogP contribution in [0.15, 0.2) is 30.0 Å². The molecule has 0 saturated carbocycles. The number of anilines is 1. The van der Waals surface area contributed by atoms with Gasteiger partial charge in [0.2, 0.25) is 5.91 Å². The van der Waals surface area contributed by atoms with Crippen molar-refractivity contribution in [2.75, 3.05) is 45.7 Å². The Morgan fingerprint density at radius 2 is 1.81 bits per heavy atom. The maximum Gasteiger partial charge on any atom is 0.266 e. The zero-order valence-corrected chi connectivity index (χ0v) is 15.1. The van der Waals surface area contributed by atoms with E-state index in [0.29, 0.717) is 43.4 Å². The molecular weight excluding hydrogens is 336 g/mol. The van der Waals surface area contributed by atoms with Gasteiger partial charge in [-0.2, -0.15) is 5.26 Å². The van der Waals surface area contributed by atoms with Crippen molar-refractivity contribution in [2.45, 2.75) is 6.92 Å². The highest BCUT2D eigenvalue weighted by atomic mass is 16.5. The molecule has 1 heterocycles. The summed E-state index contributed by atoms with van der Waals surface area (Å²) in [6.45, 7) is 3.26. The van der Waals surface area contributed by atoms with Gasteiger partial charge in [0.15, 0.2) is 0 Å². The van der Waals surface area contributed by atoms with Crippen molar-refractivity contribution in [3.05, 3.63) is 30.0 Å². The molecule has 26 heavy (non-hydrogen) atoms. The fourth-order valence-corrected chi connectivity index (χ4v) is 2.60. The number of benzene rings is 1. The first-order valence-corrected chi connectivity index (χ1v) is 8.13. The molecular formula is C18H22N4O4. The normalized spacial score (nSPS) is 14.5. The number of methoxy groups -OCH3 is 2. The summed E-state index contributed by atoms with van der Waals surface area (Å²) in [4.78, 5) is 27.1. The fraction of sp³-hybridized carbons (Fsp3) is 0.389. The zero-order chi connectivity index (χ0) is 19.1. The van der Waals surface area contributed by atoms with Crippen LogP contribution in [-0.4, -0.2) is 62.0 Å². The summed E-state index contributed by atoms with van der Waals surface area (Å²) in [6, 6.07) is 7.10. The number of nitriles is 1. The van der Waals surface area contributed by atoms with Crippen molar-refractivity contribution in [1.29, 1.82) is 5.26 Å². The Kier molecular flexibility index (Phi) is 6.44. The second-order valence-electron chi connectivity index (χ2n) is 5.68. The van der Waals surface area contributed by atoms with Crippen molar-refractivity contribution >= 4 is 17.5 Å². The minimum atomic E-state index is -0.365. The molecule has 0 atom stereocenters. The van der Waals surface area contributed by atoms with Crippen molar-refractivity contribution in [2.24, 2.45) is 0 Å². The molecule has 0 aliphatic carbocycles. The van der Waals surface area contributed by atoms with Gasteiger partial charge in [-0.25, -0.2) is 0 Å². The minimum Gasteiger partial charge on any atom is -0.497 e. The number of rotatable bonds is 5. The summed E-state index contributed by atoms with van der Waals surface area (Å²) in [6.07, 6.45) is 1.37. The molecule has 1 fully saturated rings. The second-order valence-corrected chi connectivity index (χ2v) is 5.68. The first-order chi connectivity index (χ1) is 12.5. The smallest absolute Gasteiger partial charge is 0.266 e. The van der Waals surface area contributed by atoms with Gasteiger partial charge in [-0.3, -0.25) is 9.59 Å². The standard InChI is InChI=1S/C18H22N4O4/c1-13(23)21-6-8-22(9-7-21)18(24)14(11-19)12-20-16-5-4-15(25-2)10-17(16)26-3/h4-5,10,12,20H,6-9H2,1-3H3/b14-12-. The number of carbonyl (C=O) groups is 2. The minimum absolute atomic E-state index is 0.0126. The number of carbonyl (C=O) groups excluding carboxylic acids is 2. The van der Waals surface area contributed by atoms with Crippen LogP contribution < -0.4 is 14.8 Å². The predicted molar refractivity (Wildman–Crippen MR) is 95.7 cm³/mol. The van der Waals surface area contributed by atoms with Gasteiger partial charge in [0, 0.05) is 45.4 Å². The molecule has 1 aliphatic heterocycles. The Bertz CT molecular complexity index is 746. The molecule has 138 valence electrons. The summed E-state index contributed by atoms with van der Waals surface area (Å²) >= 11 is 0. The average Bonchev–Trinajstić information content (AvgIpc) is 2.68. The van der Waals surface area contributed by atoms with Gasteiger partial charge >= 0.3 is 0 Å². The fourth-order valence-electron chi connectivity index (χ4n) is 2.60. The summed E-state index contributed by atoms with van der Waals surface area (Å²) < 4.78 is 10.4. The molecule has 0 radical (unpaired) electrons. The van der Waals surface area contributed by atoms with Crippen molar-refractivity contribution in [1.82, 2.24) is 9.80 Å². The van der Waals surface area contributed by atoms with Crippen molar-refractivity contribution in [3.8, 4) is 17.6 Å². The van der Waals surface area contributed by atoms with Crippen LogP contribution >= 0.6 is 0 Å². The maximum atomic E-state index is 12.5. The molecule has 1 aliphatic rings. The molecule has 1 aromatic carbocycles. The lowest BCUT2D eigenvalue weighted by Gasteiger charge is -2.34. The predicted octanol–water partition coefficient (Wildman–Crippen LogP) is 1.21. The third kappa shape index (κ3) is 4.45. The highest BCUT2D eigenvalue weighted by Crippen LogP contribution is 2.29. The maximum absolute atomic E-state index is 12.5. The molecule has 1 N–H and O–H groups in total. The quantitative estimate of drug-likeness (QED) is 0.628. The van der Waals surface area contributed by atoms with E-state index in [9.17, 15) is 14.9 Å². The van der Waals surface area contributed by atoms with Gasteiger partial charge in [0.05, 0.1) is 19.9 Å². The third-order valence-corrected chi connectivity index (χ3v) is 4.14. The first kappa shape index (κ1) is 19.1. The molecule has 0 spiro atoms. The van der Waals surface area contributed by atoms with Crippen LogP contribution in [0.2, 0.25) is 0 Å². The van der Waals surface area contributed by atoms with E-state index < -0.39 is 0 Å². The number of hydrogen-bond acceptors (Lipinski definition) is 6. The highest BCUT2D eigenvalue weighted by Gasteiger charge is 2.24. The van der Waals surface area contributed by atoms with Gasteiger partial charge in [-0.15, -0.1) is 0 Å². The van der Waals surface area contributed by atoms with E-state index in [2.05, 4.69) is 5.32 Å². The van der Waals surface area contributed by atoms with Crippen LogP contribution in [0, 0.1) is 11.3 Å². The van der Waals surface area contributed by atoms with Crippen LogP contribution in [0.4, 0.5) is 5.69 Å². The van der Waals surface area contributed by atoms with E-state index in [-0.39, 0.29) is 17.4 Å². The number of nitrogens with one attached hydrogen (secondary N) is 1. The topological polar surface area (TPSA) is 94.9 Å². The summed E-state index contributed by atoms with van der Waals surface area (Å²) in [5, 5.41) is 12.3. The largest absolute Gasteiger partial charge is 0.497 e. The summed E-state index contributed by atoms with van der Waals surface area (Å²) in [5.41, 5.74) is 0.592. The molecule has 2 rings (SSSR count). The molecule has 0 aromatic heterocycles. The highest BCUT2D eigenvalue weighted by molar-refractivity contribution is 5.97. The van der Waals surface area contributed by atoms with Gasteiger partial charge in [-0.1, -0.05) is 0 Å². The Morgan fingerprint density at radius 3 is 2.35 bits per heavy atom. The molecule has 8 nitrogen and oxygen atoms in total. The lowest BCUT2D eigenvalue weighted by molar-refractivity contribution is -0.136. The monoisotopic (exact) mass is 358 g/mol. The van der Waals surface area contributed by atoms with E-state index in [1.54, 1.807) is 35.1 Å². The van der Waals surface area contributed by atoms with E-state index in [0.717, 1.165) is 0 Å². The Hall–Kier alpha value is -3.21. The number of ether oxygens (including phenoxy) is 2. The lowest BCUT2D eigenvalue weighted by atomic mass is 10.2. The van der Waals surface area contributed by atoms with Gasteiger partial charge in [-0.05, 0) is 12.1 Å². The average molecular weight is 358 g/mol. The summed E-state index contributed by atoms with van der Waals surface area (Å²) in [7, 11) is 3.08. The Balaban J connectivity index is 2.07. The second kappa shape index (κ2) is 8.76. The molecule has 1 saturated heterocycles. The van der Waals surface area contributed by atoms with E-state index in [1.165, 1.54) is 20.2 Å². The number of amides is 2. The van der Waals surface area contributed by atoms with Crippen LogP contribution in [-0.2, 0) is 9.59 Å². The van der Waals surface area contributed by atoms with Crippen LogP contribution in [0.5, 0.6) is 11.5 Å². The Morgan fingerprint density at radius 1 is 1.15 bits per heavy atom. The van der Waals surface area contributed by atoms with E-state index >= 15 is 0 Å². The number of piperazine rings is 1. The van der Waals surface area contributed by atoms with Gasteiger partial charge in [0.25, 0.3) is 5.91 Å². The van der Waals surface area contributed by atoms with Crippen LogP contribution in [0.1, 0.15) is 6.92 Å². The molecule has 8 heteroatoms. The molecule has 0 bridgehead atoms. The number of hydrogen-bond donors (Lipinski definition) is 1. The number of nitrogens with zero attached hydrogens (tertiary/aromatic N) is 3. The van der Waals surface area contributed by atoms with E-state index in [1.807, 2.05) is 6.07 Å². The third-order valence-electron chi connectivity index (χ3n) is 4.14. The Labute approximate surface area is 152 Å². The van der Waals surface area contributed by atoms with Gasteiger partial charge < -0.3 is 24.6 Å². The van der Waals surface area contributed by atoms with E-state index in [4.69, 9.17) is 9.47 Å². The lowest BCUT2D eigenvalue weighted by Crippen LogP contribution is -2.50. The van der Waals surface area contributed by atoms with Crippen molar-refractivity contribution in [3.63, 3.8) is 0 Å².